The van der Waals surface area contributed by atoms with Gasteiger partial charge < -0.3 is 25.4 Å². The second-order valence-corrected chi connectivity index (χ2v) is 8.31. The number of fused-ring (bicyclic) bond motifs is 1. The molecule has 33 heavy (non-hydrogen) atoms. The Labute approximate surface area is 193 Å². The molecule has 0 radical (unpaired) electrons. The van der Waals surface area contributed by atoms with Gasteiger partial charge in [-0.3, -0.25) is 9.48 Å². The number of ether oxygens (including phenoxy) is 2. The molecule has 2 aromatic heterocycles. The van der Waals surface area contributed by atoms with Crippen LogP contribution in [0.1, 0.15) is 35.1 Å². The van der Waals surface area contributed by atoms with Gasteiger partial charge in [0, 0.05) is 49.5 Å². The second kappa shape index (κ2) is 10.7. The first-order valence-corrected chi connectivity index (χ1v) is 11.4. The van der Waals surface area contributed by atoms with E-state index in [9.17, 15) is 4.79 Å². The fourth-order valence-corrected chi connectivity index (χ4v) is 4.17. The van der Waals surface area contributed by atoms with Gasteiger partial charge in [0.15, 0.2) is 0 Å². The molecular formula is C24H32N6O3. The predicted octanol–water partition coefficient (Wildman–Crippen LogP) is 2.61. The number of anilines is 1. The minimum absolute atomic E-state index is 0.272. The summed E-state index contributed by atoms with van der Waals surface area (Å²) in [6, 6.07) is 9.50. The number of carbonyl (C=O) groups excluding carboxylic acids is 1. The Balaban J connectivity index is 1.44. The molecule has 1 aromatic carbocycles. The molecule has 9 heteroatoms. The van der Waals surface area contributed by atoms with E-state index in [4.69, 9.17) is 20.3 Å². The molecule has 3 aromatic rings. The van der Waals surface area contributed by atoms with Crippen molar-refractivity contribution in [2.45, 2.75) is 25.8 Å². The standard InChI is InChI=1S/C24H32N6O3/c1-17-4-3-5-20(26-17)24(31)27-22-14-18-16-30(28-21(18)15-23(22)32-2)19-6-9-29(10-7-19)11-13-33-12-8-25/h3-5,14-16,19H,6-13,25H2,1-2H3,(H,27,31). The van der Waals surface area contributed by atoms with Crippen LogP contribution in [0.2, 0.25) is 0 Å². The van der Waals surface area contributed by atoms with E-state index in [2.05, 4.69) is 26.1 Å². The van der Waals surface area contributed by atoms with Gasteiger partial charge in [-0.15, -0.1) is 0 Å². The quantitative estimate of drug-likeness (QED) is 0.481. The van der Waals surface area contributed by atoms with Gasteiger partial charge in [-0.2, -0.15) is 5.10 Å². The van der Waals surface area contributed by atoms with E-state index in [0.29, 0.717) is 36.3 Å². The number of benzene rings is 1. The Morgan fingerprint density at radius 3 is 2.79 bits per heavy atom. The highest BCUT2D eigenvalue weighted by Crippen LogP contribution is 2.32. The molecule has 1 saturated heterocycles. The Morgan fingerprint density at radius 1 is 1.24 bits per heavy atom. The zero-order chi connectivity index (χ0) is 23.2. The topological polar surface area (TPSA) is 108 Å². The number of aromatic nitrogens is 3. The Kier molecular flexibility index (Phi) is 7.54. The van der Waals surface area contributed by atoms with Crippen LogP contribution in [0, 0.1) is 6.92 Å². The lowest BCUT2D eigenvalue weighted by Crippen LogP contribution is -2.37. The van der Waals surface area contributed by atoms with Crippen molar-refractivity contribution in [3.05, 3.63) is 47.9 Å². The van der Waals surface area contributed by atoms with E-state index < -0.39 is 0 Å². The van der Waals surface area contributed by atoms with Crippen LogP contribution in [0.15, 0.2) is 36.5 Å². The number of nitrogens with zero attached hydrogens (tertiary/aromatic N) is 4. The number of nitrogens with two attached hydrogens (primary N) is 1. The van der Waals surface area contributed by atoms with Gasteiger partial charge in [0.2, 0.25) is 0 Å². The first-order valence-electron chi connectivity index (χ1n) is 11.4. The average molecular weight is 453 g/mol. The maximum atomic E-state index is 12.7. The number of carbonyl (C=O) groups is 1. The molecule has 0 spiro atoms. The van der Waals surface area contributed by atoms with Crippen LogP contribution in [0.25, 0.3) is 10.9 Å². The van der Waals surface area contributed by atoms with Crippen molar-refractivity contribution in [1.29, 1.82) is 0 Å². The molecular weight excluding hydrogens is 420 g/mol. The van der Waals surface area contributed by atoms with Crippen LogP contribution in [-0.4, -0.2) is 72.1 Å². The van der Waals surface area contributed by atoms with Crippen LogP contribution >= 0.6 is 0 Å². The van der Waals surface area contributed by atoms with Gasteiger partial charge >= 0.3 is 0 Å². The number of likely N-dealkylation sites (tertiary alicyclic amines) is 1. The monoisotopic (exact) mass is 452 g/mol. The molecule has 1 aliphatic rings. The Morgan fingerprint density at radius 2 is 2.06 bits per heavy atom. The number of methoxy groups -OCH3 is 1. The molecule has 4 rings (SSSR count). The molecule has 0 unspecified atom stereocenters. The maximum Gasteiger partial charge on any atom is 0.274 e. The first kappa shape index (κ1) is 23.2. The summed E-state index contributed by atoms with van der Waals surface area (Å²) in [7, 11) is 1.59. The van der Waals surface area contributed by atoms with Gasteiger partial charge in [-0.1, -0.05) is 6.07 Å². The molecule has 3 heterocycles. The van der Waals surface area contributed by atoms with Crippen LogP contribution < -0.4 is 15.8 Å². The highest BCUT2D eigenvalue weighted by Gasteiger charge is 2.22. The zero-order valence-corrected chi connectivity index (χ0v) is 19.3. The minimum atomic E-state index is -0.272. The molecule has 176 valence electrons. The third kappa shape index (κ3) is 5.68. The number of piperidine rings is 1. The fraction of sp³-hybridized carbons (Fsp3) is 0.458. The van der Waals surface area contributed by atoms with Crippen LogP contribution in [0.5, 0.6) is 5.75 Å². The number of amides is 1. The predicted molar refractivity (Wildman–Crippen MR) is 128 cm³/mol. The molecule has 9 nitrogen and oxygen atoms in total. The van der Waals surface area contributed by atoms with Crippen molar-refractivity contribution in [1.82, 2.24) is 19.7 Å². The van der Waals surface area contributed by atoms with Crippen molar-refractivity contribution < 1.29 is 14.3 Å². The SMILES string of the molecule is COc1cc2nn(C3CCN(CCOCCN)CC3)cc2cc1NC(=O)c1cccc(C)n1. The third-order valence-electron chi connectivity index (χ3n) is 5.96. The lowest BCUT2D eigenvalue weighted by Gasteiger charge is -2.31. The van der Waals surface area contributed by atoms with Crippen LogP contribution in [0.4, 0.5) is 5.69 Å². The summed E-state index contributed by atoms with van der Waals surface area (Å²) >= 11 is 0. The molecule has 0 bridgehead atoms. The van der Waals surface area contributed by atoms with Crippen molar-refractivity contribution >= 4 is 22.5 Å². The van der Waals surface area contributed by atoms with Gasteiger partial charge in [-0.05, 0) is 38.0 Å². The average Bonchev–Trinajstić information content (AvgIpc) is 3.24. The van der Waals surface area contributed by atoms with Crippen molar-refractivity contribution in [2.24, 2.45) is 5.73 Å². The maximum absolute atomic E-state index is 12.7. The highest BCUT2D eigenvalue weighted by atomic mass is 16.5. The van der Waals surface area contributed by atoms with Gasteiger partial charge in [0.05, 0.1) is 37.6 Å². The Bertz CT molecular complexity index is 1090. The summed E-state index contributed by atoms with van der Waals surface area (Å²) in [5.41, 5.74) is 8.07. The number of rotatable bonds is 9. The number of hydrogen-bond acceptors (Lipinski definition) is 7. The third-order valence-corrected chi connectivity index (χ3v) is 5.96. The van der Waals surface area contributed by atoms with Gasteiger partial charge in [0.25, 0.3) is 5.91 Å². The molecule has 1 fully saturated rings. The van der Waals surface area contributed by atoms with Crippen molar-refractivity contribution in [2.75, 3.05) is 51.8 Å². The number of nitrogens with one attached hydrogen (secondary N) is 1. The molecule has 3 N–H and O–H groups in total. The van der Waals surface area contributed by atoms with E-state index in [-0.39, 0.29) is 5.91 Å². The molecule has 0 saturated carbocycles. The largest absolute Gasteiger partial charge is 0.494 e. The summed E-state index contributed by atoms with van der Waals surface area (Å²) in [5.74, 6) is 0.299. The minimum Gasteiger partial charge on any atom is -0.494 e. The number of hydrogen-bond donors (Lipinski definition) is 2. The van der Waals surface area contributed by atoms with Crippen LogP contribution in [0.3, 0.4) is 0 Å². The van der Waals surface area contributed by atoms with E-state index in [1.165, 1.54) is 0 Å². The van der Waals surface area contributed by atoms with E-state index in [1.807, 2.05) is 31.2 Å². The Hall–Kier alpha value is -3.01. The first-order chi connectivity index (χ1) is 16.1. The summed E-state index contributed by atoms with van der Waals surface area (Å²) in [6.07, 6.45) is 4.12. The van der Waals surface area contributed by atoms with E-state index >= 15 is 0 Å². The molecule has 1 aliphatic heterocycles. The summed E-state index contributed by atoms with van der Waals surface area (Å²) in [4.78, 5) is 19.4. The summed E-state index contributed by atoms with van der Waals surface area (Å²) < 4.78 is 13.1. The molecule has 0 atom stereocenters. The lowest BCUT2D eigenvalue weighted by molar-refractivity contribution is 0.0924. The zero-order valence-electron chi connectivity index (χ0n) is 19.3. The van der Waals surface area contributed by atoms with Crippen molar-refractivity contribution in [3.8, 4) is 5.75 Å². The van der Waals surface area contributed by atoms with Crippen LogP contribution in [-0.2, 0) is 4.74 Å². The lowest BCUT2D eigenvalue weighted by atomic mass is 10.1. The fourth-order valence-electron chi connectivity index (χ4n) is 4.17. The van der Waals surface area contributed by atoms with Crippen molar-refractivity contribution in [3.63, 3.8) is 0 Å². The number of aryl methyl sites for hydroxylation is 1. The second-order valence-electron chi connectivity index (χ2n) is 8.31. The number of pyridine rings is 1. The van der Waals surface area contributed by atoms with Gasteiger partial charge in [0.1, 0.15) is 11.4 Å². The van der Waals surface area contributed by atoms with Gasteiger partial charge in [-0.25, -0.2) is 4.98 Å². The van der Waals surface area contributed by atoms with E-state index in [0.717, 1.165) is 55.7 Å². The van der Waals surface area contributed by atoms with E-state index in [1.54, 1.807) is 13.2 Å². The molecule has 0 aliphatic carbocycles. The summed E-state index contributed by atoms with van der Waals surface area (Å²) in [6.45, 7) is 6.72. The molecule has 1 amide bonds. The normalized spacial score (nSPS) is 15.1. The highest BCUT2D eigenvalue weighted by molar-refractivity contribution is 6.05. The summed E-state index contributed by atoms with van der Waals surface area (Å²) in [5, 5.41) is 8.69. The smallest absolute Gasteiger partial charge is 0.274 e.